The Hall–Kier alpha value is -7.94. The van der Waals surface area contributed by atoms with Crippen LogP contribution in [-0.2, 0) is 0 Å². The molecule has 0 spiro atoms. The van der Waals surface area contributed by atoms with E-state index in [1.807, 2.05) is 0 Å². The van der Waals surface area contributed by atoms with Gasteiger partial charge in [-0.25, -0.2) is 0 Å². The standard InChI is InChI=1S/C58H40N2/c1-3-11-41(12-4-1)43-19-21-44(22-20-43)45-25-32-52(33-26-45)59(53-34-27-46(28-35-53)49-24-23-42-13-7-8-14-48(42)39-49)54-36-29-47(30-37-54)50-31-38-58-56(40-50)55-17-9-10-18-57(55)60(58)51-15-5-2-6-16-51/h1-40H. The third-order valence-corrected chi connectivity index (χ3v) is 11.8. The van der Waals surface area contributed by atoms with Crippen LogP contribution in [0.15, 0.2) is 243 Å². The largest absolute Gasteiger partial charge is 0.311 e. The molecular weight excluding hydrogens is 725 g/mol. The molecule has 0 atom stereocenters. The minimum Gasteiger partial charge on any atom is -0.311 e. The average molecular weight is 765 g/mol. The SMILES string of the molecule is c1ccc(-c2ccc(-c3ccc(N(c4ccc(-c5ccc6ccccc6c5)cc4)c4ccc(-c5ccc6c(c5)c5ccccc5n6-c5ccccc5)cc4)cc3)cc2)cc1. The Kier molecular flexibility index (Phi) is 8.87. The number of anilines is 3. The number of rotatable bonds is 8. The van der Waals surface area contributed by atoms with E-state index in [1.165, 1.54) is 82.8 Å². The van der Waals surface area contributed by atoms with E-state index >= 15 is 0 Å². The summed E-state index contributed by atoms with van der Waals surface area (Å²) in [4.78, 5) is 2.35. The molecule has 0 unspecified atom stereocenters. The molecule has 0 bridgehead atoms. The van der Waals surface area contributed by atoms with Gasteiger partial charge in [0, 0.05) is 33.5 Å². The maximum Gasteiger partial charge on any atom is 0.0541 e. The lowest BCUT2D eigenvalue weighted by Crippen LogP contribution is -2.09. The zero-order valence-corrected chi connectivity index (χ0v) is 33.0. The van der Waals surface area contributed by atoms with Crippen LogP contribution in [0.4, 0.5) is 17.1 Å². The molecule has 0 amide bonds. The van der Waals surface area contributed by atoms with Gasteiger partial charge in [-0.1, -0.05) is 170 Å². The van der Waals surface area contributed by atoms with Gasteiger partial charge in [-0.3, -0.25) is 0 Å². The molecular formula is C58H40N2. The summed E-state index contributed by atoms with van der Waals surface area (Å²) in [6.07, 6.45) is 0. The second kappa shape index (κ2) is 15.1. The normalized spacial score (nSPS) is 11.3. The van der Waals surface area contributed by atoms with Crippen molar-refractivity contribution in [3.05, 3.63) is 243 Å². The van der Waals surface area contributed by atoms with Gasteiger partial charge < -0.3 is 9.47 Å². The maximum atomic E-state index is 2.37. The third kappa shape index (κ3) is 6.51. The summed E-state index contributed by atoms with van der Waals surface area (Å²) in [5, 5.41) is 5.00. The molecule has 0 saturated carbocycles. The topological polar surface area (TPSA) is 8.17 Å². The average Bonchev–Trinajstić information content (AvgIpc) is 3.66. The highest BCUT2D eigenvalue weighted by atomic mass is 15.1. The van der Waals surface area contributed by atoms with Gasteiger partial charge in [-0.15, -0.1) is 0 Å². The summed E-state index contributed by atoms with van der Waals surface area (Å²) in [6.45, 7) is 0. The summed E-state index contributed by atoms with van der Waals surface area (Å²) in [5.41, 5.74) is 16.5. The van der Waals surface area contributed by atoms with E-state index in [9.17, 15) is 0 Å². The van der Waals surface area contributed by atoms with Gasteiger partial charge in [0.1, 0.15) is 0 Å². The highest BCUT2D eigenvalue weighted by molar-refractivity contribution is 6.10. The predicted molar refractivity (Wildman–Crippen MR) is 255 cm³/mol. The van der Waals surface area contributed by atoms with Crippen LogP contribution in [0.5, 0.6) is 0 Å². The van der Waals surface area contributed by atoms with Crippen LogP contribution in [0, 0.1) is 0 Å². The van der Waals surface area contributed by atoms with Crippen molar-refractivity contribution < 1.29 is 0 Å². The van der Waals surface area contributed by atoms with E-state index in [0.717, 1.165) is 17.1 Å². The van der Waals surface area contributed by atoms with E-state index in [2.05, 4.69) is 252 Å². The zero-order chi connectivity index (χ0) is 39.8. The van der Waals surface area contributed by atoms with Crippen LogP contribution in [0.1, 0.15) is 0 Å². The molecule has 1 heterocycles. The molecule has 2 nitrogen and oxygen atoms in total. The molecule has 2 heteroatoms. The van der Waals surface area contributed by atoms with Crippen molar-refractivity contribution in [2.24, 2.45) is 0 Å². The van der Waals surface area contributed by atoms with Gasteiger partial charge in [-0.05, 0) is 128 Å². The lowest BCUT2D eigenvalue weighted by atomic mass is 9.99. The molecule has 0 aliphatic carbocycles. The summed E-state index contributed by atoms with van der Waals surface area (Å²) in [6, 6.07) is 87.8. The molecule has 0 N–H and O–H groups in total. The molecule has 11 aromatic rings. The monoisotopic (exact) mass is 764 g/mol. The van der Waals surface area contributed by atoms with E-state index < -0.39 is 0 Å². The van der Waals surface area contributed by atoms with Crippen LogP contribution < -0.4 is 4.90 Å². The van der Waals surface area contributed by atoms with Crippen molar-refractivity contribution in [1.82, 2.24) is 4.57 Å². The van der Waals surface area contributed by atoms with Crippen molar-refractivity contribution in [2.75, 3.05) is 4.90 Å². The number of aromatic nitrogens is 1. The maximum absolute atomic E-state index is 2.37. The molecule has 0 aliphatic heterocycles. The summed E-state index contributed by atoms with van der Waals surface area (Å²) < 4.78 is 2.37. The molecule has 0 saturated heterocycles. The first-order valence-corrected chi connectivity index (χ1v) is 20.6. The van der Waals surface area contributed by atoms with Crippen LogP contribution in [0.2, 0.25) is 0 Å². The lowest BCUT2D eigenvalue weighted by Gasteiger charge is -2.26. The summed E-state index contributed by atoms with van der Waals surface area (Å²) >= 11 is 0. The van der Waals surface area contributed by atoms with Gasteiger partial charge in [0.25, 0.3) is 0 Å². The Morgan fingerprint density at radius 3 is 1.25 bits per heavy atom. The molecule has 1 aromatic heterocycles. The van der Waals surface area contributed by atoms with E-state index in [-0.39, 0.29) is 0 Å². The Morgan fingerprint density at radius 1 is 0.250 bits per heavy atom. The van der Waals surface area contributed by atoms with Gasteiger partial charge in [0.05, 0.1) is 11.0 Å². The Morgan fingerprint density at radius 2 is 0.650 bits per heavy atom. The Bertz CT molecular complexity index is 3250. The van der Waals surface area contributed by atoms with Gasteiger partial charge >= 0.3 is 0 Å². The van der Waals surface area contributed by atoms with E-state index in [0.29, 0.717) is 0 Å². The van der Waals surface area contributed by atoms with Crippen molar-refractivity contribution in [3.63, 3.8) is 0 Å². The van der Waals surface area contributed by atoms with Crippen molar-refractivity contribution >= 4 is 49.6 Å². The smallest absolute Gasteiger partial charge is 0.0541 e. The summed E-state index contributed by atoms with van der Waals surface area (Å²) in [5.74, 6) is 0. The second-order valence-corrected chi connectivity index (χ2v) is 15.4. The first-order valence-electron chi connectivity index (χ1n) is 20.6. The molecule has 0 radical (unpaired) electrons. The fraction of sp³-hybridized carbons (Fsp3) is 0. The van der Waals surface area contributed by atoms with Crippen LogP contribution in [0.3, 0.4) is 0 Å². The van der Waals surface area contributed by atoms with Crippen LogP contribution >= 0.6 is 0 Å². The number of hydrogen-bond donors (Lipinski definition) is 0. The van der Waals surface area contributed by atoms with Crippen molar-refractivity contribution in [3.8, 4) is 50.2 Å². The molecule has 0 aliphatic rings. The van der Waals surface area contributed by atoms with Crippen LogP contribution in [-0.4, -0.2) is 4.57 Å². The minimum absolute atomic E-state index is 1.10. The van der Waals surface area contributed by atoms with Gasteiger partial charge in [-0.2, -0.15) is 0 Å². The highest BCUT2D eigenvalue weighted by Crippen LogP contribution is 2.40. The second-order valence-electron chi connectivity index (χ2n) is 15.4. The van der Waals surface area contributed by atoms with E-state index in [4.69, 9.17) is 0 Å². The van der Waals surface area contributed by atoms with Gasteiger partial charge in [0.2, 0.25) is 0 Å². The first kappa shape index (κ1) is 35.2. The molecule has 10 aromatic carbocycles. The zero-order valence-electron chi connectivity index (χ0n) is 33.0. The lowest BCUT2D eigenvalue weighted by molar-refractivity contribution is 1.18. The number of nitrogens with zero attached hydrogens (tertiary/aromatic N) is 2. The molecule has 282 valence electrons. The van der Waals surface area contributed by atoms with Crippen molar-refractivity contribution in [1.29, 1.82) is 0 Å². The molecule has 60 heavy (non-hydrogen) atoms. The van der Waals surface area contributed by atoms with Crippen molar-refractivity contribution in [2.45, 2.75) is 0 Å². The number of fused-ring (bicyclic) bond motifs is 4. The van der Waals surface area contributed by atoms with Crippen LogP contribution in [0.25, 0.3) is 82.8 Å². The number of para-hydroxylation sites is 2. The van der Waals surface area contributed by atoms with Gasteiger partial charge in [0.15, 0.2) is 0 Å². The number of benzene rings is 10. The highest BCUT2D eigenvalue weighted by Gasteiger charge is 2.16. The minimum atomic E-state index is 1.10. The molecule has 11 rings (SSSR count). The quantitative estimate of drug-likeness (QED) is 0.150. The molecule has 0 fully saturated rings. The third-order valence-electron chi connectivity index (χ3n) is 11.8. The summed E-state index contributed by atoms with van der Waals surface area (Å²) in [7, 11) is 0. The fourth-order valence-corrected chi connectivity index (χ4v) is 8.72. The number of hydrogen-bond acceptors (Lipinski definition) is 1. The first-order chi connectivity index (χ1) is 29.7. The fourth-order valence-electron chi connectivity index (χ4n) is 8.72. The van der Waals surface area contributed by atoms with E-state index in [1.54, 1.807) is 0 Å². The Labute approximate surface area is 350 Å². The Balaban J connectivity index is 0.951. The predicted octanol–water partition coefficient (Wildman–Crippen LogP) is 16.1.